The molecule has 8 nitrogen and oxygen atoms in total. The van der Waals surface area contributed by atoms with E-state index in [2.05, 4.69) is 10.1 Å². The molecule has 4 rings (SSSR count). The van der Waals surface area contributed by atoms with Crippen LogP contribution in [0.25, 0.3) is 21.7 Å². The van der Waals surface area contributed by atoms with Gasteiger partial charge in [0.1, 0.15) is 0 Å². The number of ether oxygens (including phenoxy) is 3. The molecule has 0 aliphatic heterocycles. The molecule has 0 bridgehead atoms. The first-order valence-electron chi connectivity index (χ1n) is 9.25. The zero-order valence-electron chi connectivity index (χ0n) is 17.0. The monoisotopic (exact) mass is 438 g/mol. The number of aromatic nitrogens is 2. The van der Waals surface area contributed by atoms with Crippen LogP contribution in [0.15, 0.2) is 46.3 Å². The Bertz CT molecular complexity index is 1260. The third-order valence-electron chi connectivity index (χ3n) is 4.65. The minimum atomic E-state index is -0.662. The molecule has 0 atom stereocenters. The zero-order chi connectivity index (χ0) is 22.0. The van der Waals surface area contributed by atoms with Crippen molar-refractivity contribution < 1.29 is 28.3 Å². The van der Waals surface area contributed by atoms with E-state index in [4.69, 9.17) is 18.7 Å². The van der Waals surface area contributed by atoms with Crippen LogP contribution in [-0.4, -0.2) is 42.7 Å². The molecule has 3 heterocycles. The van der Waals surface area contributed by atoms with Gasteiger partial charge in [-0.1, -0.05) is 11.2 Å². The van der Waals surface area contributed by atoms with Crippen molar-refractivity contribution in [2.45, 2.75) is 6.92 Å². The Morgan fingerprint density at radius 2 is 1.90 bits per heavy atom. The summed E-state index contributed by atoms with van der Waals surface area (Å²) in [7, 11) is 2.99. The van der Waals surface area contributed by atoms with Crippen molar-refractivity contribution in [3.63, 3.8) is 0 Å². The van der Waals surface area contributed by atoms with E-state index in [9.17, 15) is 9.59 Å². The van der Waals surface area contributed by atoms with Gasteiger partial charge < -0.3 is 18.7 Å². The molecule has 0 aliphatic rings. The summed E-state index contributed by atoms with van der Waals surface area (Å²) in [5.74, 6) is -0.124. The Hall–Kier alpha value is -3.72. The third kappa shape index (κ3) is 3.99. The first kappa shape index (κ1) is 20.5. The van der Waals surface area contributed by atoms with Gasteiger partial charge in [-0.25, -0.2) is 9.78 Å². The normalized spacial score (nSPS) is 10.8. The summed E-state index contributed by atoms with van der Waals surface area (Å²) in [4.78, 5) is 30.8. The molecule has 31 heavy (non-hydrogen) atoms. The number of hydrogen-bond acceptors (Lipinski definition) is 9. The lowest BCUT2D eigenvalue weighted by molar-refractivity contribution is 0.0476. The Balaban J connectivity index is 1.59. The lowest BCUT2D eigenvalue weighted by atomic mass is 10.1. The van der Waals surface area contributed by atoms with Crippen LogP contribution >= 0.6 is 11.3 Å². The topological polar surface area (TPSA) is 101 Å². The van der Waals surface area contributed by atoms with E-state index in [0.717, 1.165) is 4.88 Å². The largest absolute Gasteiger partial charge is 0.493 e. The number of aryl methyl sites for hydroxylation is 1. The van der Waals surface area contributed by atoms with E-state index in [1.54, 1.807) is 31.2 Å². The maximum absolute atomic E-state index is 12.9. The fourth-order valence-electron chi connectivity index (χ4n) is 3.11. The van der Waals surface area contributed by atoms with E-state index in [0.29, 0.717) is 33.8 Å². The van der Waals surface area contributed by atoms with Crippen LogP contribution in [0.2, 0.25) is 0 Å². The molecule has 9 heteroatoms. The molecular formula is C22H18N2O6S. The first-order valence-corrected chi connectivity index (χ1v) is 10.1. The van der Waals surface area contributed by atoms with Gasteiger partial charge in [-0.2, -0.15) is 0 Å². The summed E-state index contributed by atoms with van der Waals surface area (Å²) in [5, 5.41) is 6.28. The fourth-order valence-corrected chi connectivity index (χ4v) is 3.79. The second-order valence-corrected chi connectivity index (χ2v) is 7.50. The number of nitrogens with zero attached hydrogens (tertiary/aromatic N) is 2. The highest BCUT2D eigenvalue weighted by Gasteiger charge is 2.22. The van der Waals surface area contributed by atoms with Crippen LogP contribution in [0.4, 0.5) is 0 Å². The number of ketones is 1. The maximum Gasteiger partial charge on any atom is 0.339 e. The van der Waals surface area contributed by atoms with Gasteiger partial charge in [0.05, 0.1) is 41.4 Å². The average molecular weight is 438 g/mol. The lowest BCUT2D eigenvalue weighted by Crippen LogP contribution is -2.15. The molecule has 0 N–H and O–H groups in total. The first-order chi connectivity index (χ1) is 15.0. The molecule has 3 aromatic heterocycles. The summed E-state index contributed by atoms with van der Waals surface area (Å²) in [5.41, 5.74) is 1.90. The van der Waals surface area contributed by atoms with Crippen molar-refractivity contribution in [3.05, 3.63) is 58.6 Å². The lowest BCUT2D eigenvalue weighted by Gasteiger charge is -2.10. The number of fused-ring (bicyclic) bond motifs is 1. The number of carbonyl (C=O) groups is 2. The van der Waals surface area contributed by atoms with E-state index in [1.807, 2.05) is 17.5 Å². The minimum absolute atomic E-state index is 0.238. The van der Waals surface area contributed by atoms with Crippen LogP contribution in [0.3, 0.4) is 0 Å². The molecule has 0 fully saturated rings. The smallest absolute Gasteiger partial charge is 0.339 e. The highest BCUT2D eigenvalue weighted by molar-refractivity contribution is 7.13. The fraction of sp³-hybridized carbons (Fsp3) is 0.182. The molecular weight excluding hydrogens is 420 g/mol. The number of carbonyl (C=O) groups excluding carboxylic acids is 2. The van der Waals surface area contributed by atoms with E-state index in [-0.39, 0.29) is 17.1 Å². The molecule has 0 saturated heterocycles. The summed E-state index contributed by atoms with van der Waals surface area (Å²) in [6.45, 7) is 1.28. The number of esters is 1. The van der Waals surface area contributed by atoms with Crippen molar-refractivity contribution in [3.8, 4) is 22.1 Å². The van der Waals surface area contributed by atoms with E-state index in [1.165, 1.54) is 25.6 Å². The summed E-state index contributed by atoms with van der Waals surface area (Å²) >= 11 is 1.48. The molecule has 0 spiro atoms. The highest BCUT2D eigenvalue weighted by atomic mass is 32.1. The molecule has 0 unspecified atom stereocenters. The van der Waals surface area contributed by atoms with Gasteiger partial charge in [0.2, 0.25) is 0 Å². The average Bonchev–Trinajstić information content (AvgIpc) is 3.46. The number of pyridine rings is 1. The SMILES string of the molecule is COc1ccc(C(=O)COC(=O)c2cc(-c3cccs3)nc3onc(C)c23)cc1OC. The number of hydrogen-bond donors (Lipinski definition) is 0. The molecule has 0 radical (unpaired) electrons. The van der Waals surface area contributed by atoms with Crippen LogP contribution in [0.1, 0.15) is 26.4 Å². The predicted molar refractivity (Wildman–Crippen MR) is 114 cm³/mol. The van der Waals surface area contributed by atoms with Crippen molar-refractivity contribution in [2.75, 3.05) is 20.8 Å². The minimum Gasteiger partial charge on any atom is -0.493 e. The Kier molecular flexibility index (Phi) is 5.68. The van der Waals surface area contributed by atoms with Crippen LogP contribution in [-0.2, 0) is 4.74 Å². The van der Waals surface area contributed by atoms with E-state index < -0.39 is 12.6 Å². The number of Topliss-reactive ketones (excluding diaryl/α,β-unsaturated/α-hetero) is 1. The van der Waals surface area contributed by atoms with Gasteiger partial charge in [0.25, 0.3) is 5.71 Å². The summed E-state index contributed by atoms with van der Waals surface area (Å²) in [6, 6.07) is 10.1. The van der Waals surface area contributed by atoms with Crippen LogP contribution in [0.5, 0.6) is 11.5 Å². The zero-order valence-corrected chi connectivity index (χ0v) is 17.8. The van der Waals surface area contributed by atoms with Gasteiger partial charge >= 0.3 is 5.97 Å². The summed E-state index contributed by atoms with van der Waals surface area (Å²) < 4.78 is 21.0. The summed E-state index contributed by atoms with van der Waals surface area (Å²) in [6.07, 6.45) is 0. The van der Waals surface area contributed by atoms with Gasteiger partial charge in [-0.3, -0.25) is 4.79 Å². The van der Waals surface area contributed by atoms with Gasteiger partial charge in [-0.15, -0.1) is 11.3 Å². The number of methoxy groups -OCH3 is 2. The number of benzene rings is 1. The van der Waals surface area contributed by atoms with Gasteiger partial charge in [0, 0.05) is 5.56 Å². The predicted octanol–water partition coefficient (Wildman–Crippen LogP) is 4.32. The van der Waals surface area contributed by atoms with Crippen molar-refractivity contribution in [1.29, 1.82) is 0 Å². The van der Waals surface area contributed by atoms with Crippen LogP contribution in [0, 0.1) is 6.92 Å². The van der Waals surface area contributed by atoms with Crippen LogP contribution < -0.4 is 9.47 Å². The second kappa shape index (κ2) is 8.57. The molecule has 1 aromatic carbocycles. The van der Waals surface area contributed by atoms with Crippen molar-refractivity contribution in [2.24, 2.45) is 0 Å². The third-order valence-corrected chi connectivity index (χ3v) is 5.54. The number of rotatable bonds is 7. The molecule has 0 aliphatic carbocycles. The molecule has 4 aromatic rings. The standard InChI is InChI=1S/C22H18N2O6S/c1-12-20-14(10-15(19-5-4-8-31-19)23-21(20)30-24-12)22(26)29-11-16(25)13-6-7-17(27-2)18(9-13)28-3/h4-10H,11H2,1-3H3. The quantitative estimate of drug-likeness (QED) is 0.311. The molecule has 0 amide bonds. The van der Waals surface area contributed by atoms with E-state index >= 15 is 0 Å². The van der Waals surface area contributed by atoms with Crippen molar-refractivity contribution >= 4 is 34.2 Å². The second-order valence-electron chi connectivity index (χ2n) is 6.55. The number of thiophene rings is 1. The van der Waals surface area contributed by atoms with Gasteiger partial charge in [0.15, 0.2) is 23.9 Å². The molecule has 158 valence electrons. The Labute approximate surface area is 181 Å². The highest BCUT2D eigenvalue weighted by Crippen LogP contribution is 2.30. The Morgan fingerprint density at radius 1 is 1.10 bits per heavy atom. The van der Waals surface area contributed by atoms with Crippen molar-refractivity contribution in [1.82, 2.24) is 10.1 Å². The maximum atomic E-state index is 12.9. The van der Waals surface area contributed by atoms with Gasteiger partial charge in [-0.05, 0) is 42.6 Å². The molecule has 0 saturated carbocycles. The Morgan fingerprint density at radius 3 is 2.61 bits per heavy atom.